The first-order valence-corrected chi connectivity index (χ1v) is 7.82. The molecule has 0 radical (unpaired) electrons. The van der Waals surface area contributed by atoms with Crippen LogP contribution in [0.5, 0.6) is 0 Å². The van der Waals surface area contributed by atoms with Crippen LogP contribution in [0.15, 0.2) is 60.7 Å². The van der Waals surface area contributed by atoms with Crippen LogP contribution >= 0.6 is 0 Å². The van der Waals surface area contributed by atoms with Crippen LogP contribution in [0.2, 0.25) is 0 Å². The van der Waals surface area contributed by atoms with Crippen molar-refractivity contribution in [1.82, 2.24) is 16.2 Å². The Hall–Kier alpha value is -2.43. The molecule has 4 heteroatoms. The van der Waals surface area contributed by atoms with E-state index in [9.17, 15) is 4.79 Å². The van der Waals surface area contributed by atoms with Gasteiger partial charge in [-0.1, -0.05) is 60.2 Å². The van der Waals surface area contributed by atoms with E-state index in [1.165, 1.54) is 11.1 Å². The predicted molar refractivity (Wildman–Crippen MR) is 92.2 cm³/mol. The Labute approximate surface area is 136 Å². The number of hydrogen-bond acceptors (Lipinski definition) is 3. The lowest BCUT2D eigenvalue weighted by Crippen LogP contribution is -2.43. The fourth-order valence-electron chi connectivity index (χ4n) is 2.62. The van der Waals surface area contributed by atoms with Crippen molar-refractivity contribution in [3.05, 3.63) is 77.4 Å². The summed E-state index contributed by atoms with van der Waals surface area (Å²) in [6.07, 6.45) is 4.14. The van der Waals surface area contributed by atoms with Crippen LogP contribution in [0.4, 0.5) is 0 Å². The molecule has 0 bridgehead atoms. The number of hydrogen-bond donors (Lipinski definition) is 3. The lowest BCUT2D eigenvalue weighted by atomic mass is 10.0. The van der Waals surface area contributed by atoms with Crippen molar-refractivity contribution in [1.29, 1.82) is 0 Å². The molecule has 3 rings (SSSR count). The molecule has 1 amide bonds. The SMILES string of the molecule is Cc1ccc(/C=C/C(=O)NC2CC(c3ccccc3)NN2)cc1. The van der Waals surface area contributed by atoms with Gasteiger partial charge in [0.15, 0.2) is 0 Å². The molecule has 1 aliphatic rings. The molecule has 1 heterocycles. The highest BCUT2D eigenvalue weighted by atomic mass is 16.1. The quantitative estimate of drug-likeness (QED) is 0.761. The lowest BCUT2D eigenvalue weighted by Gasteiger charge is -2.10. The number of rotatable bonds is 4. The molecule has 23 heavy (non-hydrogen) atoms. The van der Waals surface area contributed by atoms with Crippen molar-refractivity contribution in [2.24, 2.45) is 0 Å². The van der Waals surface area contributed by atoms with Crippen molar-refractivity contribution in [2.75, 3.05) is 0 Å². The average Bonchev–Trinajstić information content (AvgIpc) is 3.04. The Kier molecular flexibility index (Phi) is 4.86. The minimum atomic E-state index is -0.0985. The smallest absolute Gasteiger partial charge is 0.245 e. The molecule has 0 aromatic heterocycles. The van der Waals surface area contributed by atoms with Crippen LogP contribution < -0.4 is 16.2 Å². The minimum Gasteiger partial charge on any atom is -0.336 e. The standard InChI is InChI=1S/C19H21N3O/c1-14-7-9-15(10-8-14)11-12-19(23)20-18-13-17(21-22-18)16-5-3-2-4-6-16/h2-12,17-18,21-22H,13H2,1H3,(H,20,23)/b12-11+. The first-order valence-electron chi connectivity index (χ1n) is 7.82. The van der Waals surface area contributed by atoms with Gasteiger partial charge in [0.25, 0.3) is 0 Å². The second kappa shape index (κ2) is 7.22. The summed E-state index contributed by atoms with van der Waals surface area (Å²) in [6, 6.07) is 18.5. The number of benzene rings is 2. The molecule has 0 saturated carbocycles. The Bertz CT molecular complexity index is 680. The molecular weight excluding hydrogens is 286 g/mol. The fraction of sp³-hybridized carbons (Fsp3) is 0.211. The third-order valence-corrected chi connectivity index (χ3v) is 3.93. The third-order valence-electron chi connectivity index (χ3n) is 3.93. The van der Waals surface area contributed by atoms with Crippen molar-refractivity contribution in [3.63, 3.8) is 0 Å². The van der Waals surface area contributed by atoms with Crippen LogP contribution in [0, 0.1) is 6.92 Å². The average molecular weight is 307 g/mol. The summed E-state index contributed by atoms with van der Waals surface area (Å²) >= 11 is 0. The zero-order chi connectivity index (χ0) is 16.1. The Morgan fingerprint density at radius 1 is 1.09 bits per heavy atom. The molecule has 1 aliphatic heterocycles. The molecule has 1 saturated heterocycles. The summed E-state index contributed by atoms with van der Waals surface area (Å²) in [4.78, 5) is 12.0. The van der Waals surface area contributed by atoms with Crippen molar-refractivity contribution >= 4 is 12.0 Å². The monoisotopic (exact) mass is 307 g/mol. The van der Waals surface area contributed by atoms with Crippen LogP contribution in [0.3, 0.4) is 0 Å². The number of aryl methyl sites for hydroxylation is 1. The summed E-state index contributed by atoms with van der Waals surface area (Å²) < 4.78 is 0. The first-order chi connectivity index (χ1) is 11.2. The Morgan fingerprint density at radius 3 is 2.57 bits per heavy atom. The summed E-state index contributed by atoms with van der Waals surface area (Å²) in [6.45, 7) is 2.04. The van der Waals surface area contributed by atoms with Gasteiger partial charge in [-0.3, -0.25) is 4.79 Å². The topological polar surface area (TPSA) is 53.2 Å². The van der Waals surface area contributed by atoms with Gasteiger partial charge in [0.2, 0.25) is 5.91 Å². The van der Waals surface area contributed by atoms with Gasteiger partial charge < -0.3 is 5.32 Å². The van der Waals surface area contributed by atoms with E-state index < -0.39 is 0 Å². The molecular formula is C19H21N3O. The van der Waals surface area contributed by atoms with Crippen LogP contribution in [-0.2, 0) is 4.79 Å². The summed E-state index contributed by atoms with van der Waals surface area (Å²) in [5.41, 5.74) is 9.79. The maximum Gasteiger partial charge on any atom is 0.245 e. The second-order valence-electron chi connectivity index (χ2n) is 5.79. The third kappa shape index (κ3) is 4.28. The predicted octanol–water partition coefficient (Wildman–Crippen LogP) is 2.69. The van der Waals surface area contributed by atoms with Crippen LogP contribution in [0.25, 0.3) is 6.08 Å². The molecule has 118 valence electrons. The maximum atomic E-state index is 12.0. The molecule has 4 nitrogen and oxygen atoms in total. The van der Waals surface area contributed by atoms with Gasteiger partial charge in [-0.15, -0.1) is 0 Å². The Balaban J connectivity index is 1.52. The molecule has 3 N–H and O–H groups in total. The minimum absolute atomic E-state index is 0.0737. The lowest BCUT2D eigenvalue weighted by molar-refractivity contribution is -0.117. The molecule has 0 spiro atoms. The van der Waals surface area contributed by atoms with E-state index in [2.05, 4.69) is 28.3 Å². The van der Waals surface area contributed by atoms with E-state index in [0.29, 0.717) is 0 Å². The molecule has 2 aromatic rings. The number of nitrogens with one attached hydrogen (secondary N) is 3. The van der Waals surface area contributed by atoms with E-state index in [1.54, 1.807) is 6.08 Å². The highest BCUT2D eigenvalue weighted by Gasteiger charge is 2.25. The zero-order valence-corrected chi connectivity index (χ0v) is 13.1. The fourth-order valence-corrected chi connectivity index (χ4v) is 2.62. The molecule has 1 fully saturated rings. The number of amides is 1. The van der Waals surface area contributed by atoms with E-state index in [1.807, 2.05) is 55.5 Å². The van der Waals surface area contributed by atoms with Crippen molar-refractivity contribution in [2.45, 2.75) is 25.6 Å². The summed E-state index contributed by atoms with van der Waals surface area (Å²) in [7, 11) is 0. The first kappa shape index (κ1) is 15.5. The largest absolute Gasteiger partial charge is 0.336 e. The van der Waals surface area contributed by atoms with Gasteiger partial charge in [0.05, 0.1) is 6.17 Å². The van der Waals surface area contributed by atoms with Gasteiger partial charge in [-0.05, 0) is 24.1 Å². The number of carbonyl (C=O) groups is 1. The van der Waals surface area contributed by atoms with E-state index in [4.69, 9.17) is 0 Å². The van der Waals surface area contributed by atoms with Crippen LogP contribution in [-0.4, -0.2) is 12.1 Å². The number of carbonyl (C=O) groups excluding carboxylic acids is 1. The van der Waals surface area contributed by atoms with E-state index in [-0.39, 0.29) is 18.1 Å². The highest BCUT2D eigenvalue weighted by Crippen LogP contribution is 2.20. The normalized spacial score (nSPS) is 20.7. The molecule has 2 aromatic carbocycles. The molecule has 0 aliphatic carbocycles. The van der Waals surface area contributed by atoms with Gasteiger partial charge in [0, 0.05) is 18.5 Å². The zero-order valence-electron chi connectivity index (χ0n) is 13.1. The van der Waals surface area contributed by atoms with Gasteiger partial charge in [-0.2, -0.15) is 0 Å². The van der Waals surface area contributed by atoms with Crippen LogP contribution in [0.1, 0.15) is 29.2 Å². The van der Waals surface area contributed by atoms with E-state index in [0.717, 1.165) is 12.0 Å². The van der Waals surface area contributed by atoms with Gasteiger partial charge in [-0.25, -0.2) is 10.9 Å². The molecule has 2 unspecified atom stereocenters. The highest BCUT2D eigenvalue weighted by molar-refractivity contribution is 5.91. The number of hydrazine groups is 1. The maximum absolute atomic E-state index is 12.0. The Morgan fingerprint density at radius 2 is 1.83 bits per heavy atom. The molecule has 2 atom stereocenters. The van der Waals surface area contributed by atoms with Crippen molar-refractivity contribution < 1.29 is 4.79 Å². The van der Waals surface area contributed by atoms with Gasteiger partial charge >= 0.3 is 0 Å². The van der Waals surface area contributed by atoms with Gasteiger partial charge in [0.1, 0.15) is 0 Å². The van der Waals surface area contributed by atoms with E-state index >= 15 is 0 Å². The van der Waals surface area contributed by atoms with Crippen molar-refractivity contribution in [3.8, 4) is 0 Å². The summed E-state index contributed by atoms with van der Waals surface area (Å²) in [5, 5.41) is 2.96. The summed E-state index contributed by atoms with van der Waals surface area (Å²) in [5.74, 6) is -0.0985. The second-order valence-corrected chi connectivity index (χ2v) is 5.79.